The first-order valence-electron chi connectivity index (χ1n) is 4.22. The van der Waals surface area contributed by atoms with Gasteiger partial charge in [0.1, 0.15) is 6.04 Å². The summed E-state index contributed by atoms with van der Waals surface area (Å²) in [6.45, 7) is 1.17. The molecule has 1 fully saturated rings. The van der Waals surface area contributed by atoms with Crippen LogP contribution in [-0.2, 0) is 19.6 Å². The van der Waals surface area contributed by atoms with E-state index in [-0.39, 0.29) is 0 Å². The SMILES string of the molecule is COC(=O)[C@H]1CNCCN1S(C)(=O)=O. The Morgan fingerprint density at radius 2 is 2.21 bits per heavy atom. The first kappa shape index (κ1) is 11.4. The monoisotopic (exact) mass is 222 g/mol. The van der Waals surface area contributed by atoms with Gasteiger partial charge >= 0.3 is 5.97 Å². The summed E-state index contributed by atoms with van der Waals surface area (Å²) in [5.74, 6) is -0.525. The van der Waals surface area contributed by atoms with Crippen molar-refractivity contribution in [2.75, 3.05) is 33.0 Å². The summed E-state index contributed by atoms with van der Waals surface area (Å²) in [7, 11) is -2.09. The summed E-state index contributed by atoms with van der Waals surface area (Å²) < 4.78 is 28.3. The number of hydrogen-bond donors (Lipinski definition) is 1. The van der Waals surface area contributed by atoms with E-state index in [1.54, 1.807) is 0 Å². The summed E-state index contributed by atoms with van der Waals surface area (Å²) in [6.07, 6.45) is 1.09. The molecule has 1 atom stereocenters. The highest BCUT2D eigenvalue weighted by molar-refractivity contribution is 7.88. The van der Waals surface area contributed by atoms with E-state index in [1.807, 2.05) is 0 Å². The largest absolute Gasteiger partial charge is 0.468 e. The Hall–Kier alpha value is -0.660. The van der Waals surface area contributed by atoms with Crippen LogP contribution in [0.4, 0.5) is 0 Å². The van der Waals surface area contributed by atoms with Gasteiger partial charge in [-0.2, -0.15) is 4.31 Å². The van der Waals surface area contributed by atoms with Crippen LogP contribution in [0, 0.1) is 0 Å². The fraction of sp³-hybridized carbons (Fsp3) is 0.857. The molecule has 1 heterocycles. The van der Waals surface area contributed by atoms with Gasteiger partial charge in [-0.15, -0.1) is 0 Å². The van der Waals surface area contributed by atoms with Crippen molar-refractivity contribution >= 4 is 16.0 Å². The molecule has 0 aliphatic carbocycles. The molecule has 6 nitrogen and oxygen atoms in total. The lowest BCUT2D eigenvalue weighted by molar-refractivity contribution is -0.145. The molecule has 0 bridgehead atoms. The van der Waals surface area contributed by atoms with Crippen LogP contribution in [0.25, 0.3) is 0 Å². The number of methoxy groups -OCH3 is 1. The van der Waals surface area contributed by atoms with Gasteiger partial charge < -0.3 is 10.1 Å². The van der Waals surface area contributed by atoms with Crippen molar-refractivity contribution in [1.82, 2.24) is 9.62 Å². The Labute approximate surface area is 83.3 Å². The van der Waals surface area contributed by atoms with Gasteiger partial charge in [0.2, 0.25) is 10.0 Å². The molecule has 0 unspecified atom stereocenters. The average Bonchev–Trinajstić information content (AvgIpc) is 2.15. The lowest BCUT2D eigenvalue weighted by Crippen LogP contribution is -2.56. The molecular weight excluding hydrogens is 208 g/mol. The highest BCUT2D eigenvalue weighted by atomic mass is 32.2. The Bertz CT molecular complexity index is 314. The number of piperazine rings is 1. The Morgan fingerprint density at radius 3 is 2.71 bits per heavy atom. The molecule has 0 radical (unpaired) electrons. The maximum atomic E-state index is 11.3. The number of carbonyl (C=O) groups is 1. The number of ether oxygens (including phenoxy) is 1. The Balaban J connectivity index is 2.85. The van der Waals surface area contributed by atoms with Crippen LogP contribution in [-0.4, -0.2) is 57.7 Å². The minimum Gasteiger partial charge on any atom is -0.468 e. The Kier molecular flexibility index (Phi) is 3.46. The number of sulfonamides is 1. The van der Waals surface area contributed by atoms with Gasteiger partial charge in [0.05, 0.1) is 13.4 Å². The third-order valence-corrected chi connectivity index (χ3v) is 3.38. The van der Waals surface area contributed by atoms with E-state index >= 15 is 0 Å². The maximum absolute atomic E-state index is 11.3. The van der Waals surface area contributed by atoms with Crippen molar-refractivity contribution in [2.45, 2.75) is 6.04 Å². The fourth-order valence-electron chi connectivity index (χ4n) is 1.42. The highest BCUT2D eigenvalue weighted by Gasteiger charge is 2.34. The first-order valence-corrected chi connectivity index (χ1v) is 6.07. The Morgan fingerprint density at radius 1 is 1.57 bits per heavy atom. The molecule has 0 aromatic heterocycles. The van der Waals surface area contributed by atoms with Gasteiger partial charge in [0.15, 0.2) is 0 Å². The molecule has 0 spiro atoms. The molecule has 82 valence electrons. The second-order valence-corrected chi connectivity index (χ2v) is 5.05. The molecule has 0 amide bonds. The van der Waals surface area contributed by atoms with E-state index in [1.165, 1.54) is 7.11 Å². The number of carbonyl (C=O) groups excluding carboxylic acids is 1. The first-order chi connectivity index (χ1) is 6.46. The molecule has 7 heteroatoms. The third kappa shape index (κ3) is 2.43. The van der Waals surface area contributed by atoms with Crippen molar-refractivity contribution < 1.29 is 17.9 Å². The zero-order valence-electron chi connectivity index (χ0n) is 8.19. The van der Waals surface area contributed by atoms with E-state index in [9.17, 15) is 13.2 Å². The van der Waals surface area contributed by atoms with E-state index in [0.29, 0.717) is 19.6 Å². The van der Waals surface area contributed by atoms with Crippen molar-refractivity contribution in [2.24, 2.45) is 0 Å². The van der Waals surface area contributed by atoms with E-state index in [2.05, 4.69) is 10.1 Å². The molecular formula is C7H14N2O4S. The van der Waals surface area contributed by atoms with Crippen molar-refractivity contribution in [3.63, 3.8) is 0 Å². The van der Waals surface area contributed by atoms with Gasteiger partial charge in [0.25, 0.3) is 0 Å². The van der Waals surface area contributed by atoms with Crippen LogP contribution in [0.15, 0.2) is 0 Å². The number of nitrogens with zero attached hydrogens (tertiary/aromatic N) is 1. The van der Waals surface area contributed by atoms with Gasteiger partial charge in [-0.3, -0.25) is 4.79 Å². The normalized spacial score (nSPS) is 24.6. The summed E-state index contributed by atoms with van der Waals surface area (Å²) in [4.78, 5) is 11.3. The van der Waals surface area contributed by atoms with Gasteiger partial charge in [-0.05, 0) is 0 Å². The maximum Gasteiger partial charge on any atom is 0.325 e. The molecule has 0 aromatic rings. The van der Waals surface area contributed by atoms with Crippen LogP contribution in [0.3, 0.4) is 0 Å². The zero-order chi connectivity index (χ0) is 10.8. The summed E-state index contributed by atoms with van der Waals surface area (Å²) >= 11 is 0. The van der Waals surface area contributed by atoms with Crippen LogP contribution in [0.1, 0.15) is 0 Å². The number of hydrogen-bond acceptors (Lipinski definition) is 5. The van der Waals surface area contributed by atoms with Gasteiger partial charge in [-0.1, -0.05) is 0 Å². The minimum atomic E-state index is -3.34. The van der Waals surface area contributed by atoms with E-state index in [0.717, 1.165) is 10.6 Å². The summed E-state index contributed by atoms with van der Waals surface area (Å²) in [5, 5.41) is 2.95. The zero-order valence-corrected chi connectivity index (χ0v) is 9.00. The van der Waals surface area contributed by atoms with E-state index in [4.69, 9.17) is 0 Å². The van der Waals surface area contributed by atoms with Crippen LogP contribution in [0.2, 0.25) is 0 Å². The fourth-order valence-corrected chi connectivity index (χ4v) is 2.47. The minimum absolute atomic E-state index is 0.304. The van der Waals surface area contributed by atoms with E-state index < -0.39 is 22.0 Å². The van der Waals surface area contributed by atoms with Gasteiger partial charge in [-0.25, -0.2) is 8.42 Å². The van der Waals surface area contributed by atoms with Crippen molar-refractivity contribution in [1.29, 1.82) is 0 Å². The predicted octanol–water partition coefficient (Wildman–Crippen LogP) is -1.61. The third-order valence-electron chi connectivity index (χ3n) is 2.09. The van der Waals surface area contributed by atoms with Crippen LogP contribution < -0.4 is 5.32 Å². The van der Waals surface area contributed by atoms with Crippen LogP contribution in [0.5, 0.6) is 0 Å². The standard InChI is InChI=1S/C7H14N2O4S/c1-13-7(10)6-5-8-3-4-9(6)14(2,11)12/h6,8H,3-5H2,1-2H3/t6-/m1/s1. The summed E-state index contributed by atoms with van der Waals surface area (Å²) in [6, 6.07) is -0.733. The number of rotatable bonds is 2. The lowest BCUT2D eigenvalue weighted by atomic mass is 10.2. The van der Waals surface area contributed by atoms with Crippen molar-refractivity contribution in [3.05, 3.63) is 0 Å². The molecule has 1 aliphatic heterocycles. The number of esters is 1. The smallest absolute Gasteiger partial charge is 0.325 e. The second-order valence-electron chi connectivity index (χ2n) is 3.12. The lowest BCUT2D eigenvalue weighted by Gasteiger charge is -2.31. The average molecular weight is 222 g/mol. The molecule has 14 heavy (non-hydrogen) atoms. The quantitative estimate of drug-likeness (QED) is 0.569. The predicted molar refractivity (Wildman–Crippen MR) is 50.2 cm³/mol. The van der Waals surface area contributed by atoms with Crippen LogP contribution >= 0.6 is 0 Å². The summed E-state index contributed by atoms with van der Waals surface area (Å²) in [5.41, 5.74) is 0. The molecule has 1 aliphatic rings. The van der Waals surface area contributed by atoms with Gasteiger partial charge in [0, 0.05) is 19.6 Å². The molecule has 1 N–H and O–H groups in total. The molecule has 1 saturated heterocycles. The topological polar surface area (TPSA) is 75.7 Å². The highest BCUT2D eigenvalue weighted by Crippen LogP contribution is 2.09. The van der Waals surface area contributed by atoms with Crippen molar-refractivity contribution in [3.8, 4) is 0 Å². The number of nitrogens with one attached hydrogen (secondary N) is 1. The second kappa shape index (κ2) is 4.24. The molecule has 1 rings (SSSR count). The molecule has 0 aromatic carbocycles. The molecule has 0 saturated carbocycles.